The highest BCUT2D eigenvalue weighted by Crippen LogP contribution is 2.24. The van der Waals surface area contributed by atoms with Crippen LogP contribution in [-0.2, 0) is 6.42 Å². The Kier molecular flexibility index (Phi) is 8.07. The van der Waals surface area contributed by atoms with Crippen molar-refractivity contribution in [2.45, 2.75) is 32.2 Å². The van der Waals surface area contributed by atoms with Gasteiger partial charge in [-0.25, -0.2) is 4.68 Å². The standard InChI is InChI=1S/C19H27N5O3.ClH/c1-13-18(22-23-24(13)15-7-9-20-10-8-15)19(25)21-11-6-14-12-16(26-2)4-5-17(14)27-3;/h4-5,12,15,20H,6-11H2,1-3H3,(H,21,25);1H. The minimum atomic E-state index is -0.199. The smallest absolute Gasteiger partial charge is 0.273 e. The zero-order valence-corrected chi connectivity index (χ0v) is 17.3. The lowest BCUT2D eigenvalue weighted by Crippen LogP contribution is -2.30. The summed E-state index contributed by atoms with van der Waals surface area (Å²) < 4.78 is 12.5. The molecule has 2 N–H and O–H groups in total. The first-order valence-corrected chi connectivity index (χ1v) is 9.25. The number of carbonyl (C=O) groups excluding carboxylic acids is 1. The Morgan fingerprint density at radius 1 is 1.29 bits per heavy atom. The molecule has 1 amide bonds. The van der Waals surface area contributed by atoms with Gasteiger partial charge in [-0.3, -0.25) is 4.79 Å². The van der Waals surface area contributed by atoms with E-state index in [1.165, 1.54) is 0 Å². The first-order valence-electron chi connectivity index (χ1n) is 9.25. The predicted molar refractivity (Wildman–Crippen MR) is 109 cm³/mol. The van der Waals surface area contributed by atoms with Crippen molar-refractivity contribution in [1.82, 2.24) is 25.6 Å². The third-order valence-electron chi connectivity index (χ3n) is 4.96. The Labute approximate surface area is 171 Å². The average Bonchev–Trinajstić information content (AvgIpc) is 3.10. The van der Waals surface area contributed by atoms with Crippen LogP contribution in [0.15, 0.2) is 18.2 Å². The average molecular weight is 410 g/mol. The van der Waals surface area contributed by atoms with Crippen LogP contribution in [0.3, 0.4) is 0 Å². The van der Waals surface area contributed by atoms with Gasteiger partial charge in [-0.2, -0.15) is 0 Å². The highest BCUT2D eigenvalue weighted by atomic mass is 35.5. The normalized spacial score (nSPS) is 14.2. The highest BCUT2D eigenvalue weighted by Gasteiger charge is 2.22. The topological polar surface area (TPSA) is 90.3 Å². The van der Waals surface area contributed by atoms with Gasteiger partial charge in [0.15, 0.2) is 5.69 Å². The zero-order chi connectivity index (χ0) is 19.2. The van der Waals surface area contributed by atoms with E-state index in [0.29, 0.717) is 24.7 Å². The van der Waals surface area contributed by atoms with Gasteiger partial charge in [-0.1, -0.05) is 5.21 Å². The van der Waals surface area contributed by atoms with Crippen LogP contribution in [0.5, 0.6) is 11.5 Å². The summed E-state index contributed by atoms with van der Waals surface area (Å²) in [6.07, 6.45) is 2.63. The number of nitrogens with one attached hydrogen (secondary N) is 2. The third-order valence-corrected chi connectivity index (χ3v) is 4.96. The van der Waals surface area contributed by atoms with Crippen LogP contribution in [0.4, 0.5) is 0 Å². The number of ether oxygens (including phenoxy) is 2. The summed E-state index contributed by atoms with van der Waals surface area (Å²) >= 11 is 0. The lowest BCUT2D eigenvalue weighted by atomic mass is 10.1. The van der Waals surface area contributed by atoms with E-state index in [1.54, 1.807) is 14.2 Å². The Morgan fingerprint density at radius 2 is 2.04 bits per heavy atom. The number of aromatic nitrogens is 3. The lowest BCUT2D eigenvalue weighted by Gasteiger charge is -2.23. The Bertz CT molecular complexity index is 790. The van der Waals surface area contributed by atoms with E-state index in [-0.39, 0.29) is 18.3 Å². The Morgan fingerprint density at radius 3 is 2.71 bits per heavy atom. The van der Waals surface area contributed by atoms with Crippen LogP contribution in [0, 0.1) is 6.92 Å². The van der Waals surface area contributed by atoms with Crippen molar-refractivity contribution >= 4 is 18.3 Å². The van der Waals surface area contributed by atoms with Crippen LogP contribution in [0.2, 0.25) is 0 Å². The molecule has 0 bridgehead atoms. The van der Waals surface area contributed by atoms with Gasteiger partial charge in [0.05, 0.1) is 26.0 Å². The molecule has 0 atom stereocenters. The molecule has 0 aliphatic carbocycles. The van der Waals surface area contributed by atoms with Gasteiger partial charge in [-0.05, 0) is 63.0 Å². The molecule has 154 valence electrons. The molecule has 1 fully saturated rings. The third kappa shape index (κ3) is 4.94. The predicted octanol–water partition coefficient (Wildman–Crippen LogP) is 1.92. The Balaban J connectivity index is 0.00000280. The van der Waals surface area contributed by atoms with E-state index in [9.17, 15) is 4.79 Å². The Hall–Kier alpha value is -2.32. The second kappa shape index (κ2) is 10.3. The fourth-order valence-electron chi connectivity index (χ4n) is 3.42. The maximum absolute atomic E-state index is 12.5. The van der Waals surface area contributed by atoms with Crippen molar-refractivity contribution in [3.63, 3.8) is 0 Å². The minimum absolute atomic E-state index is 0. The van der Waals surface area contributed by atoms with Crippen molar-refractivity contribution in [2.75, 3.05) is 33.9 Å². The molecule has 28 heavy (non-hydrogen) atoms. The molecule has 1 aliphatic heterocycles. The number of carbonyl (C=O) groups is 1. The molecule has 2 aromatic rings. The first-order chi connectivity index (χ1) is 13.1. The summed E-state index contributed by atoms with van der Waals surface area (Å²) in [5, 5.41) is 14.6. The second-order valence-corrected chi connectivity index (χ2v) is 6.63. The summed E-state index contributed by atoms with van der Waals surface area (Å²) in [4.78, 5) is 12.5. The number of piperidine rings is 1. The summed E-state index contributed by atoms with van der Waals surface area (Å²) in [7, 11) is 3.26. The minimum Gasteiger partial charge on any atom is -0.497 e. The number of benzene rings is 1. The molecule has 2 heterocycles. The fourth-order valence-corrected chi connectivity index (χ4v) is 3.42. The van der Waals surface area contributed by atoms with Crippen molar-refractivity contribution in [3.05, 3.63) is 35.2 Å². The van der Waals surface area contributed by atoms with Crippen molar-refractivity contribution in [1.29, 1.82) is 0 Å². The largest absolute Gasteiger partial charge is 0.497 e. The molecule has 1 aliphatic rings. The number of amides is 1. The van der Waals surface area contributed by atoms with Crippen LogP contribution < -0.4 is 20.1 Å². The van der Waals surface area contributed by atoms with E-state index < -0.39 is 0 Å². The molecule has 9 heteroatoms. The quantitative estimate of drug-likeness (QED) is 0.726. The monoisotopic (exact) mass is 409 g/mol. The van der Waals surface area contributed by atoms with Crippen molar-refractivity contribution in [2.24, 2.45) is 0 Å². The lowest BCUT2D eigenvalue weighted by molar-refractivity contribution is 0.0948. The highest BCUT2D eigenvalue weighted by molar-refractivity contribution is 5.93. The molecule has 8 nitrogen and oxygen atoms in total. The van der Waals surface area contributed by atoms with E-state index >= 15 is 0 Å². The first kappa shape index (κ1) is 22.0. The molecule has 0 saturated carbocycles. The number of halogens is 1. The molecule has 0 radical (unpaired) electrons. The van der Waals surface area contributed by atoms with Gasteiger partial charge >= 0.3 is 0 Å². The van der Waals surface area contributed by atoms with Gasteiger partial charge in [-0.15, -0.1) is 17.5 Å². The van der Waals surface area contributed by atoms with Crippen molar-refractivity contribution < 1.29 is 14.3 Å². The SMILES string of the molecule is COc1ccc(OC)c(CCNC(=O)c2nnn(C3CCNCC3)c2C)c1.Cl. The molecule has 0 unspecified atom stereocenters. The fraction of sp³-hybridized carbons (Fsp3) is 0.526. The summed E-state index contributed by atoms with van der Waals surface area (Å²) in [5.74, 6) is 1.34. The molecule has 1 saturated heterocycles. The number of hydrogen-bond donors (Lipinski definition) is 2. The molecule has 3 rings (SSSR count). The molecular weight excluding hydrogens is 382 g/mol. The number of rotatable bonds is 7. The van der Waals surface area contributed by atoms with Crippen LogP contribution in [0.1, 0.15) is 40.6 Å². The number of nitrogens with zero attached hydrogens (tertiary/aromatic N) is 3. The zero-order valence-electron chi connectivity index (χ0n) is 16.5. The van der Waals surface area contributed by atoms with Crippen LogP contribution in [0.25, 0.3) is 0 Å². The molecule has 1 aromatic heterocycles. The van der Waals surface area contributed by atoms with Crippen LogP contribution >= 0.6 is 12.4 Å². The van der Waals surface area contributed by atoms with Crippen molar-refractivity contribution in [3.8, 4) is 11.5 Å². The van der Waals surface area contributed by atoms with Gasteiger partial charge in [0.2, 0.25) is 0 Å². The number of methoxy groups -OCH3 is 2. The van der Waals surface area contributed by atoms with Gasteiger partial charge in [0, 0.05) is 6.54 Å². The van der Waals surface area contributed by atoms with E-state index in [2.05, 4.69) is 20.9 Å². The van der Waals surface area contributed by atoms with E-state index in [0.717, 1.165) is 48.7 Å². The molecule has 1 aromatic carbocycles. The van der Waals surface area contributed by atoms with E-state index in [1.807, 2.05) is 29.8 Å². The molecule has 0 spiro atoms. The molecular formula is C19H28ClN5O3. The van der Waals surface area contributed by atoms with E-state index in [4.69, 9.17) is 9.47 Å². The second-order valence-electron chi connectivity index (χ2n) is 6.63. The number of hydrogen-bond acceptors (Lipinski definition) is 6. The maximum Gasteiger partial charge on any atom is 0.273 e. The summed E-state index contributed by atoms with van der Waals surface area (Å²) in [5.41, 5.74) is 2.19. The maximum atomic E-state index is 12.5. The van der Waals surface area contributed by atoms with Gasteiger partial charge in [0.25, 0.3) is 5.91 Å². The van der Waals surface area contributed by atoms with Crippen LogP contribution in [-0.4, -0.2) is 54.8 Å². The summed E-state index contributed by atoms with van der Waals surface area (Å²) in [6.45, 7) is 4.31. The van der Waals surface area contributed by atoms with Gasteiger partial charge < -0.3 is 20.1 Å². The summed E-state index contributed by atoms with van der Waals surface area (Å²) in [6, 6.07) is 5.94. The van der Waals surface area contributed by atoms with Gasteiger partial charge in [0.1, 0.15) is 11.5 Å².